The molecule has 0 rings (SSSR count). The number of hydrogen-bond acceptors (Lipinski definition) is 8. The van der Waals surface area contributed by atoms with Gasteiger partial charge in [0.15, 0.2) is 0 Å². The van der Waals surface area contributed by atoms with E-state index in [0.717, 1.165) is 0 Å². The van der Waals surface area contributed by atoms with E-state index in [2.05, 4.69) is 0 Å². The van der Waals surface area contributed by atoms with Crippen molar-refractivity contribution in [2.24, 2.45) is 0 Å². The molecule has 0 spiro atoms. The number of hydrogen-bond donors (Lipinski definition) is 4. The van der Waals surface area contributed by atoms with E-state index in [1.54, 1.807) is 0 Å². The molecule has 20 N–H and O–H groups in total. The molecule has 0 fully saturated rings. The summed E-state index contributed by atoms with van der Waals surface area (Å²) < 4.78 is 65.7. The standard InChI is InChI=1S/Co.2H3N.2H2O4S.6H2O/c;;;2*1-5(2,3)4;;;;;;/h;2*1H3;2*(H2,1,2,3,4);6*1H2/p-2. The fourth-order valence-electron chi connectivity index (χ4n) is 0. The molecule has 0 heterocycles. The molecule has 0 amide bonds. The van der Waals surface area contributed by atoms with Gasteiger partial charge in [-0.2, -0.15) is 8.42 Å². The van der Waals surface area contributed by atoms with E-state index < -0.39 is 20.8 Å². The Hall–Kier alpha value is -0.0735. The quantitative estimate of drug-likeness (QED) is 0.221. The van der Waals surface area contributed by atoms with Crippen molar-refractivity contribution in [2.75, 3.05) is 0 Å². The fourth-order valence-corrected chi connectivity index (χ4v) is 0. The van der Waals surface area contributed by atoms with Crippen molar-refractivity contribution in [2.45, 2.75) is 0 Å². The Bertz CT molecular complexity index is 220. The molecule has 0 atom stereocenters. The summed E-state index contributed by atoms with van der Waals surface area (Å²) in [5, 5.41) is 0. The maximum atomic E-state index is 8.74. The topological polar surface area (TPSA) is 414 Å². The molecule has 0 aliphatic rings. The SMILES string of the molecule is N.N.O.O.O.O.O.O.O=S(=O)(O)O.O=S(=O)([O-])[O-].[Co]. The molecule has 0 aromatic heterocycles. The molecule has 0 aliphatic heterocycles. The third kappa shape index (κ3) is 842000. The Morgan fingerprint density at radius 1 is 0.632 bits per heavy atom. The molecule has 0 saturated heterocycles. The normalized spacial score (nSPS) is 6.11. The molecule has 0 aromatic rings. The molecule has 16 nitrogen and oxygen atoms in total. The second-order valence-electron chi connectivity index (χ2n) is 0.856. The van der Waals surface area contributed by atoms with Gasteiger partial charge in [0.1, 0.15) is 0 Å². The molecule has 0 aliphatic carbocycles. The van der Waals surface area contributed by atoms with Gasteiger partial charge in [-0.15, -0.1) is 0 Å². The molecule has 137 valence electrons. The molecule has 0 bridgehead atoms. The summed E-state index contributed by atoms with van der Waals surface area (Å²) in [5.41, 5.74) is 0. The molecule has 0 unspecified atom stereocenters. The summed E-state index contributed by atoms with van der Waals surface area (Å²) in [4.78, 5) is 0. The van der Waals surface area contributed by atoms with Crippen LogP contribution in [0.1, 0.15) is 0 Å². The van der Waals surface area contributed by atoms with E-state index in [0.29, 0.717) is 0 Å². The maximum Gasteiger partial charge on any atom is 0.394 e. The van der Waals surface area contributed by atoms with Crippen LogP contribution in [-0.2, 0) is 37.6 Å². The zero-order valence-corrected chi connectivity index (χ0v) is 11.6. The first-order chi connectivity index (χ1) is 4.00. The summed E-state index contributed by atoms with van der Waals surface area (Å²) in [6.45, 7) is 0. The van der Waals surface area contributed by atoms with Gasteiger partial charge in [-0.3, -0.25) is 17.5 Å². The van der Waals surface area contributed by atoms with Crippen molar-refractivity contribution in [1.29, 1.82) is 0 Å². The Balaban J connectivity index is -0.00000000508. The van der Waals surface area contributed by atoms with Crippen LogP contribution in [0.15, 0.2) is 0 Å². The van der Waals surface area contributed by atoms with Crippen LogP contribution >= 0.6 is 0 Å². The Labute approximate surface area is 118 Å². The first-order valence-electron chi connectivity index (χ1n) is 1.37. The van der Waals surface area contributed by atoms with Crippen molar-refractivity contribution in [1.82, 2.24) is 12.3 Å². The van der Waals surface area contributed by atoms with Gasteiger partial charge >= 0.3 is 10.4 Å². The first-order valence-corrected chi connectivity index (χ1v) is 4.10. The zero-order valence-electron chi connectivity index (χ0n) is 8.91. The summed E-state index contributed by atoms with van der Waals surface area (Å²) in [7, 11) is -9.83. The van der Waals surface area contributed by atoms with Crippen molar-refractivity contribution in [3.05, 3.63) is 0 Å². The molecule has 19 heavy (non-hydrogen) atoms. The largest absolute Gasteiger partial charge is 0.759 e. The van der Waals surface area contributed by atoms with Gasteiger partial charge in [-0.25, -0.2) is 0 Å². The zero-order chi connectivity index (χ0) is 9.00. The van der Waals surface area contributed by atoms with E-state index in [4.69, 9.17) is 35.0 Å². The summed E-state index contributed by atoms with van der Waals surface area (Å²) in [6.07, 6.45) is 0. The van der Waals surface area contributed by atoms with Gasteiger partial charge in [0, 0.05) is 27.2 Å². The summed E-state index contributed by atoms with van der Waals surface area (Å²) in [5.74, 6) is 0. The maximum absolute atomic E-state index is 8.74. The van der Waals surface area contributed by atoms with Crippen LogP contribution < -0.4 is 12.3 Å². The predicted molar refractivity (Wildman–Crippen MR) is 56.4 cm³/mol. The molecular weight excluding hydrogens is 375 g/mol. The minimum absolute atomic E-state index is 0. The van der Waals surface area contributed by atoms with Gasteiger partial charge in [-0.05, 0) is 0 Å². The monoisotopic (exact) mass is 395 g/mol. The third-order valence-electron chi connectivity index (χ3n) is 0. The van der Waals surface area contributed by atoms with Crippen LogP contribution in [0.3, 0.4) is 0 Å². The van der Waals surface area contributed by atoms with E-state index in [9.17, 15) is 0 Å². The Morgan fingerprint density at radius 3 is 0.632 bits per heavy atom. The molecular formula is H20CoN2O14S2-2. The second-order valence-corrected chi connectivity index (χ2v) is 2.57. The van der Waals surface area contributed by atoms with E-state index in [1.807, 2.05) is 0 Å². The first kappa shape index (κ1) is 96.8. The molecule has 19 heteroatoms. The van der Waals surface area contributed by atoms with Crippen molar-refractivity contribution in [3.8, 4) is 0 Å². The van der Waals surface area contributed by atoms with Gasteiger partial charge in [0.25, 0.3) is 0 Å². The average molecular weight is 395 g/mol. The number of rotatable bonds is 0. The summed E-state index contributed by atoms with van der Waals surface area (Å²) >= 11 is 0. The van der Waals surface area contributed by atoms with E-state index in [1.165, 1.54) is 0 Å². The minimum atomic E-state index is -5.17. The van der Waals surface area contributed by atoms with Crippen LogP contribution in [0.5, 0.6) is 0 Å². The van der Waals surface area contributed by atoms with Crippen LogP contribution in [0, 0.1) is 0 Å². The molecule has 0 aromatic carbocycles. The van der Waals surface area contributed by atoms with Gasteiger partial charge in [0.05, 0.1) is 0 Å². The fraction of sp³-hybridized carbons (Fsp3) is 0. The second kappa shape index (κ2) is 36.1. The van der Waals surface area contributed by atoms with Gasteiger partial charge < -0.3 is 54.3 Å². The van der Waals surface area contributed by atoms with E-state index >= 15 is 0 Å². The average Bonchev–Trinajstić information content (AvgIpc) is 1.12. The van der Waals surface area contributed by atoms with E-state index in [-0.39, 0.29) is 61.9 Å². The van der Waals surface area contributed by atoms with Crippen molar-refractivity contribution < 1.29 is 84.7 Å². The predicted octanol–water partition coefficient (Wildman–Crippen LogP) is -6.62. The third-order valence-corrected chi connectivity index (χ3v) is 0. The minimum Gasteiger partial charge on any atom is -0.759 e. The van der Waals surface area contributed by atoms with Crippen molar-refractivity contribution in [3.63, 3.8) is 0 Å². The van der Waals surface area contributed by atoms with Crippen LogP contribution in [0.2, 0.25) is 0 Å². The van der Waals surface area contributed by atoms with Crippen LogP contribution in [-0.4, -0.2) is 67.9 Å². The van der Waals surface area contributed by atoms with Crippen LogP contribution in [0.4, 0.5) is 0 Å². The summed E-state index contributed by atoms with van der Waals surface area (Å²) in [6, 6.07) is 0. The van der Waals surface area contributed by atoms with Gasteiger partial charge in [0.2, 0.25) is 0 Å². The molecule has 1 radical (unpaired) electrons. The molecule has 0 saturated carbocycles. The smallest absolute Gasteiger partial charge is 0.394 e. The Kier molecular flexibility index (Phi) is 184. The van der Waals surface area contributed by atoms with Crippen LogP contribution in [0.25, 0.3) is 0 Å². The van der Waals surface area contributed by atoms with Gasteiger partial charge in [-0.1, -0.05) is 0 Å². The van der Waals surface area contributed by atoms with Crippen molar-refractivity contribution >= 4 is 20.8 Å². The Morgan fingerprint density at radius 2 is 0.632 bits per heavy atom.